The molecule has 2 heterocycles. The molecule has 0 atom stereocenters. The molecule has 0 radical (unpaired) electrons. The van der Waals surface area contributed by atoms with Crippen LogP contribution in [-0.4, -0.2) is 12.5 Å². The van der Waals surface area contributed by atoms with Crippen LogP contribution in [0.15, 0.2) is 22.7 Å². The highest BCUT2D eigenvalue weighted by atomic mass is 79.9. The number of hydrogen-bond donors (Lipinski definition) is 1. The van der Waals surface area contributed by atoms with Gasteiger partial charge >= 0.3 is 0 Å². The fourth-order valence-electron chi connectivity index (χ4n) is 2.24. The number of amides is 1. The Bertz CT molecular complexity index is 717. The van der Waals surface area contributed by atoms with Gasteiger partial charge < -0.3 is 10.1 Å². The fraction of sp³-hybridized carbons (Fsp3) is 0.214. The van der Waals surface area contributed by atoms with Gasteiger partial charge in [-0.1, -0.05) is 39.1 Å². The minimum Gasteiger partial charge on any atom is -0.493 e. The molecule has 1 amide bonds. The Hall–Kier alpha value is -0.750. The lowest BCUT2D eigenvalue weighted by atomic mass is 10.1. The van der Waals surface area contributed by atoms with E-state index in [0.717, 1.165) is 27.8 Å². The van der Waals surface area contributed by atoms with Crippen molar-refractivity contribution >= 4 is 56.4 Å². The van der Waals surface area contributed by atoms with Crippen LogP contribution in [0.5, 0.6) is 5.75 Å². The van der Waals surface area contributed by atoms with Crippen LogP contribution in [0, 0.1) is 0 Å². The summed E-state index contributed by atoms with van der Waals surface area (Å²) >= 11 is 16.5. The van der Waals surface area contributed by atoms with E-state index in [1.165, 1.54) is 11.3 Å². The number of carbonyl (C=O) groups excluding carboxylic acids is 1. The van der Waals surface area contributed by atoms with Crippen molar-refractivity contribution in [3.8, 4) is 5.75 Å². The second-order valence-electron chi connectivity index (χ2n) is 4.57. The van der Waals surface area contributed by atoms with Crippen LogP contribution < -0.4 is 10.1 Å². The molecule has 0 unspecified atom stereocenters. The first kappa shape index (κ1) is 15.2. The first-order valence-electron chi connectivity index (χ1n) is 6.21. The van der Waals surface area contributed by atoms with Gasteiger partial charge in [0.1, 0.15) is 10.1 Å². The van der Waals surface area contributed by atoms with Crippen molar-refractivity contribution in [3.63, 3.8) is 0 Å². The fourth-order valence-corrected chi connectivity index (χ4v) is 4.25. The molecule has 0 saturated carbocycles. The normalized spacial score (nSPS) is 12.9. The molecule has 0 spiro atoms. The standard InChI is InChI=1S/C14H10BrCl2NO2S/c15-9-3-7-1-2-20-12(7)8(4-9)6-18-14(19)10-5-11(16)21-13(10)17/h3-5H,1-2,6H2,(H,18,19). The predicted molar refractivity (Wildman–Crippen MR) is 88.9 cm³/mol. The second-order valence-corrected chi connectivity index (χ2v) is 7.77. The van der Waals surface area contributed by atoms with Gasteiger partial charge in [0.25, 0.3) is 5.91 Å². The van der Waals surface area contributed by atoms with Gasteiger partial charge in [0.15, 0.2) is 0 Å². The van der Waals surface area contributed by atoms with Crippen LogP contribution in [-0.2, 0) is 13.0 Å². The molecule has 21 heavy (non-hydrogen) atoms. The largest absolute Gasteiger partial charge is 0.493 e. The highest BCUT2D eigenvalue weighted by Crippen LogP contribution is 2.34. The predicted octanol–water partition coefficient (Wildman–Crippen LogP) is 4.68. The van der Waals surface area contributed by atoms with Crippen LogP contribution in [0.3, 0.4) is 0 Å². The summed E-state index contributed by atoms with van der Waals surface area (Å²) in [5.74, 6) is 0.628. The third-order valence-electron chi connectivity index (χ3n) is 3.17. The van der Waals surface area contributed by atoms with Gasteiger partial charge in [0.05, 0.1) is 16.5 Å². The monoisotopic (exact) mass is 405 g/mol. The van der Waals surface area contributed by atoms with Gasteiger partial charge in [0.2, 0.25) is 0 Å². The molecule has 1 N–H and O–H groups in total. The van der Waals surface area contributed by atoms with E-state index in [0.29, 0.717) is 27.4 Å². The Morgan fingerprint density at radius 3 is 2.90 bits per heavy atom. The van der Waals surface area contributed by atoms with Crippen molar-refractivity contribution in [3.05, 3.63) is 48.0 Å². The number of nitrogens with one attached hydrogen (secondary N) is 1. The molecule has 2 aromatic rings. The quantitative estimate of drug-likeness (QED) is 0.803. The Morgan fingerprint density at radius 1 is 1.38 bits per heavy atom. The van der Waals surface area contributed by atoms with E-state index in [4.69, 9.17) is 27.9 Å². The highest BCUT2D eigenvalue weighted by Gasteiger charge is 2.19. The third-order valence-corrected chi connectivity index (χ3v) is 5.11. The molecule has 110 valence electrons. The van der Waals surface area contributed by atoms with E-state index in [-0.39, 0.29) is 5.91 Å². The summed E-state index contributed by atoms with van der Waals surface area (Å²) in [4.78, 5) is 12.1. The van der Waals surface area contributed by atoms with Crippen LogP contribution in [0.25, 0.3) is 0 Å². The Morgan fingerprint density at radius 2 is 2.19 bits per heavy atom. The average Bonchev–Trinajstić information content (AvgIpc) is 3.01. The smallest absolute Gasteiger partial charge is 0.253 e. The molecule has 3 rings (SSSR count). The van der Waals surface area contributed by atoms with Crippen LogP contribution >= 0.6 is 50.5 Å². The zero-order chi connectivity index (χ0) is 15.0. The lowest BCUT2D eigenvalue weighted by molar-refractivity contribution is 0.0951. The maximum absolute atomic E-state index is 12.1. The van der Waals surface area contributed by atoms with E-state index in [2.05, 4.69) is 21.2 Å². The van der Waals surface area contributed by atoms with Crippen molar-refractivity contribution in [2.24, 2.45) is 0 Å². The summed E-state index contributed by atoms with van der Waals surface area (Å²) in [6, 6.07) is 5.57. The van der Waals surface area contributed by atoms with Crippen molar-refractivity contribution < 1.29 is 9.53 Å². The van der Waals surface area contributed by atoms with E-state index in [9.17, 15) is 4.79 Å². The maximum atomic E-state index is 12.1. The maximum Gasteiger partial charge on any atom is 0.253 e. The number of benzene rings is 1. The minimum atomic E-state index is -0.241. The van der Waals surface area contributed by atoms with E-state index in [1.807, 2.05) is 12.1 Å². The van der Waals surface area contributed by atoms with E-state index in [1.54, 1.807) is 6.07 Å². The van der Waals surface area contributed by atoms with Crippen LogP contribution in [0.2, 0.25) is 8.67 Å². The van der Waals surface area contributed by atoms with Gasteiger partial charge in [-0.15, -0.1) is 11.3 Å². The number of ether oxygens (including phenoxy) is 1. The molecule has 0 fully saturated rings. The van der Waals surface area contributed by atoms with E-state index < -0.39 is 0 Å². The molecule has 1 aliphatic rings. The highest BCUT2D eigenvalue weighted by molar-refractivity contribution is 9.10. The molecular weight excluding hydrogens is 397 g/mol. The van der Waals surface area contributed by atoms with Gasteiger partial charge in [-0.3, -0.25) is 4.79 Å². The Labute approximate surface area is 144 Å². The molecule has 0 saturated heterocycles. The zero-order valence-corrected chi connectivity index (χ0v) is 14.6. The number of carbonyl (C=O) groups is 1. The zero-order valence-electron chi connectivity index (χ0n) is 10.7. The molecule has 0 bridgehead atoms. The molecule has 1 aromatic heterocycles. The SMILES string of the molecule is O=C(NCc1cc(Br)cc2c1OCC2)c1cc(Cl)sc1Cl. The van der Waals surface area contributed by atoms with Crippen LogP contribution in [0.1, 0.15) is 21.5 Å². The molecule has 0 aliphatic carbocycles. The van der Waals surface area contributed by atoms with Gasteiger partial charge in [-0.05, 0) is 23.8 Å². The van der Waals surface area contributed by atoms with Crippen LogP contribution in [0.4, 0.5) is 0 Å². The number of fused-ring (bicyclic) bond motifs is 1. The number of hydrogen-bond acceptors (Lipinski definition) is 3. The number of halogens is 3. The summed E-state index contributed by atoms with van der Waals surface area (Å²) in [7, 11) is 0. The average molecular weight is 407 g/mol. The summed E-state index contributed by atoms with van der Waals surface area (Å²) in [5.41, 5.74) is 2.51. The van der Waals surface area contributed by atoms with Gasteiger partial charge in [-0.2, -0.15) is 0 Å². The minimum absolute atomic E-state index is 0.241. The molecule has 7 heteroatoms. The Kier molecular flexibility index (Phi) is 4.45. The molecule has 1 aliphatic heterocycles. The topological polar surface area (TPSA) is 38.3 Å². The molecule has 1 aromatic carbocycles. The third kappa shape index (κ3) is 3.21. The van der Waals surface area contributed by atoms with Crippen molar-refractivity contribution in [2.45, 2.75) is 13.0 Å². The summed E-state index contributed by atoms with van der Waals surface area (Å²) < 4.78 is 7.51. The van der Waals surface area contributed by atoms with Gasteiger partial charge in [0, 0.05) is 23.0 Å². The van der Waals surface area contributed by atoms with Gasteiger partial charge in [-0.25, -0.2) is 0 Å². The molecular formula is C14H10BrCl2NO2S. The number of thiophene rings is 1. The Balaban J connectivity index is 1.77. The molecule has 3 nitrogen and oxygen atoms in total. The lowest BCUT2D eigenvalue weighted by Gasteiger charge is -2.10. The van der Waals surface area contributed by atoms with Crippen molar-refractivity contribution in [2.75, 3.05) is 6.61 Å². The lowest BCUT2D eigenvalue weighted by Crippen LogP contribution is -2.22. The summed E-state index contributed by atoms with van der Waals surface area (Å²) in [6.45, 7) is 1.06. The van der Waals surface area contributed by atoms with E-state index >= 15 is 0 Å². The van der Waals surface area contributed by atoms with Crippen molar-refractivity contribution in [1.29, 1.82) is 0 Å². The van der Waals surface area contributed by atoms with Crippen molar-refractivity contribution in [1.82, 2.24) is 5.32 Å². The first-order chi connectivity index (χ1) is 10.0. The summed E-state index contributed by atoms with van der Waals surface area (Å²) in [5, 5.41) is 2.85. The first-order valence-corrected chi connectivity index (χ1v) is 8.58. The number of rotatable bonds is 3. The summed E-state index contributed by atoms with van der Waals surface area (Å²) in [6.07, 6.45) is 0.891. The second kappa shape index (κ2) is 6.16.